The topological polar surface area (TPSA) is 96.7 Å². The van der Waals surface area contributed by atoms with Crippen LogP contribution in [-0.4, -0.2) is 44.9 Å². The van der Waals surface area contributed by atoms with Gasteiger partial charge in [-0.15, -0.1) is 0 Å². The number of imidazole rings is 1. The summed E-state index contributed by atoms with van der Waals surface area (Å²) < 4.78 is 19.9. The van der Waals surface area contributed by atoms with Crippen molar-refractivity contribution in [3.8, 4) is 11.5 Å². The van der Waals surface area contributed by atoms with E-state index in [-0.39, 0.29) is 11.4 Å². The number of hydrogen-bond acceptors (Lipinski definition) is 7. The summed E-state index contributed by atoms with van der Waals surface area (Å²) in [5.41, 5.74) is 1.44. The van der Waals surface area contributed by atoms with Gasteiger partial charge < -0.3 is 18.6 Å². The lowest BCUT2D eigenvalue weighted by atomic mass is 10.0. The molecule has 0 N–H and O–H groups in total. The smallest absolute Gasteiger partial charge is 0.277 e. The van der Waals surface area contributed by atoms with Crippen LogP contribution in [0.25, 0.3) is 28.1 Å². The fourth-order valence-electron chi connectivity index (χ4n) is 4.41. The summed E-state index contributed by atoms with van der Waals surface area (Å²) in [4.78, 5) is 22.5. The Morgan fingerprint density at radius 1 is 1.23 bits per heavy atom. The first-order chi connectivity index (χ1) is 15.1. The number of aromatic nitrogens is 5. The third-order valence-corrected chi connectivity index (χ3v) is 6.29. The van der Waals surface area contributed by atoms with Crippen molar-refractivity contribution in [2.24, 2.45) is 0 Å². The second-order valence-electron chi connectivity index (χ2n) is 7.72. The Hall–Kier alpha value is -2.75. The van der Waals surface area contributed by atoms with Crippen molar-refractivity contribution in [1.29, 1.82) is 0 Å². The Labute approximate surface area is 182 Å². The third kappa shape index (κ3) is 3.15. The van der Waals surface area contributed by atoms with E-state index in [0.717, 1.165) is 31.2 Å². The van der Waals surface area contributed by atoms with Gasteiger partial charge >= 0.3 is 0 Å². The number of nitrogens with zero attached hydrogens (tertiary/aromatic N) is 5. The molecule has 9 nitrogen and oxygen atoms in total. The number of ether oxygens (including phenoxy) is 2. The van der Waals surface area contributed by atoms with Crippen LogP contribution in [0.15, 0.2) is 33.8 Å². The number of hydrogen-bond donors (Lipinski definition) is 0. The quantitative estimate of drug-likeness (QED) is 0.450. The summed E-state index contributed by atoms with van der Waals surface area (Å²) in [6.07, 6.45) is 5.32. The van der Waals surface area contributed by atoms with Crippen LogP contribution in [0.2, 0.25) is 5.02 Å². The molecule has 0 radical (unpaired) electrons. The van der Waals surface area contributed by atoms with Crippen molar-refractivity contribution in [1.82, 2.24) is 24.1 Å². The Morgan fingerprint density at radius 3 is 2.77 bits per heavy atom. The molecule has 0 atom stereocenters. The van der Waals surface area contributed by atoms with Gasteiger partial charge in [0.1, 0.15) is 23.1 Å². The molecule has 3 heterocycles. The maximum atomic E-state index is 13.5. The van der Waals surface area contributed by atoms with E-state index < -0.39 is 5.60 Å². The van der Waals surface area contributed by atoms with Crippen molar-refractivity contribution in [2.75, 3.05) is 20.8 Å². The van der Waals surface area contributed by atoms with E-state index in [4.69, 9.17) is 25.6 Å². The first-order valence-electron chi connectivity index (χ1n) is 10.2. The van der Waals surface area contributed by atoms with E-state index in [0.29, 0.717) is 40.8 Å². The molecule has 0 amide bonds. The van der Waals surface area contributed by atoms with Gasteiger partial charge in [0, 0.05) is 25.8 Å². The van der Waals surface area contributed by atoms with Gasteiger partial charge in [-0.1, -0.05) is 16.8 Å². The van der Waals surface area contributed by atoms with E-state index in [9.17, 15) is 4.79 Å². The van der Waals surface area contributed by atoms with Gasteiger partial charge in [-0.25, -0.2) is 4.98 Å². The van der Waals surface area contributed by atoms with Crippen LogP contribution in [0.3, 0.4) is 0 Å². The maximum Gasteiger partial charge on any atom is 0.277 e. The summed E-state index contributed by atoms with van der Waals surface area (Å²) in [7, 11) is 3.26. The first-order valence-corrected chi connectivity index (χ1v) is 10.5. The van der Waals surface area contributed by atoms with Crippen molar-refractivity contribution in [3.63, 3.8) is 0 Å². The van der Waals surface area contributed by atoms with Crippen LogP contribution in [0.4, 0.5) is 0 Å². The first kappa shape index (κ1) is 20.2. The summed E-state index contributed by atoms with van der Waals surface area (Å²) in [5.74, 6) is 0.695. The molecule has 162 valence electrons. The molecule has 0 saturated heterocycles. The highest BCUT2D eigenvalue weighted by Crippen LogP contribution is 2.41. The Kier molecular flexibility index (Phi) is 5.04. The molecule has 31 heavy (non-hydrogen) atoms. The summed E-state index contributed by atoms with van der Waals surface area (Å²) in [5, 5.41) is 4.68. The second-order valence-corrected chi connectivity index (χ2v) is 8.16. The molecule has 10 heteroatoms. The second kappa shape index (κ2) is 7.74. The zero-order valence-corrected chi connectivity index (χ0v) is 18.1. The van der Waals surface area contributed by atoms with Crippen LogP contribution in [0.1, 0.15) is 31.6 Å². The van der Waals surface area contributed by atoms with Gasteiger partial charge in [0.15, 0.2) is 0 Å². The standard InChI is InChI=1S/C21H22ClN5O4/c1-29-10-9-26-15-11-13(22)5-6-14(15)27-12-23-16(17(27)19(26)28)18-24-20(31-25-18)21(30-2)7-3-4-8-21/h5-6,11-12H,3-4,7-10H2,1-2H3. The van der Waals surface area contributed by atoms with Crippen LogP contribution in [-0.2, 0) is 21.6 Å². The fourth-order valence-corrected chi connectivity index (χ4v) is 4.58. The highest BCUT2D eigenvalue weighted by atomic mass is 35.5. The van der Waals surface area contributed by atoms with Crippen molar-refractivity contribution in [3.05, 3.63) is 45.8 Å². The fraction of sp³-hybridized carbons (Fsp3) is 0.429. The van der Waals surface area contributed by atoms with Gasteiger partial charge in [-0.05, 0) is 43.9 Å². The van der Waals surface area contributed by atoms with Gasteiger partial charge in [0.2, 0.25) is 5.82 Å². The normalized spacial score (nSPS) is 16.0. The SMILES string of the molecule is COCCn1c(=O)c2c(-c3noc(C4(OC)CCCC4)n3)ncn2c2ccc(Cl)cc21. The van der Waals surface area contributed by atoms with Crippen molar-refractivity contribution >= 4 is 28.2 Å². The lowest BCUT2D eigenvalue weighted by Gasteiger charge is -2.21. The zero-order chi connectivity index (χ0) is 21.6. The van der Waals surface area contributed by atoms with E-state index >= 15 is 0 Å². The molecule has 1 aliphatic rings. The molecule has 5 rings (SSSR count). The van der Waals surface area contributed by atoms with E-state index in [1.165, 1.54) is 0 Å². The summed E-state index contributed by atoms with van der Waals surface area (Å²) >= 11 is 6.21. The molecular formula is C21H22ClN5O4. The van der Waals surface area contributed by atoms with Crippen molar-refractivity contribution in [2.45, 2.75) is 37.8 Å². The Bertz CT molecular complexity index is 1320. The molecule has 0 aliphatic heterocycles. The Balaban J connectivity index is 1.71. The molecule has 0 unspecified atom stereocenters. The molecule has 1 aliphatic carbocycles. The van der Waals surface area contributed by atoms with E-state index in [1.807, 2.05) is 6.07 Å². The average Bonchev–Trinajstić information content (AvgIpc) is 3.52. The number of rotatable bonds is 6. The van der Waals surface area contributed by atoms with Crippen LogP contribution < -0.4 is 5.56 Å². The largest absolute Gasteiger partial charge is 0.383 e. The van der Waals surface area contributed by atoms with Gasteiger partial charge in [-0.2, -0.15) is 4.98 Å². The van der Waals surface area contributed by atoms with E-state index in [2.05, 4.69) is 15.1 Å². The van der Waals surface area contributed by atoms with Crippen LogP contribution in [0.5, 0.6) is 0 Å². The Morgan fingerprint density at radius 2 is 2.03 bits per heavy atom. The minimum atomic E-state index is -0.567. The van der Waals surface area contributed by atoms with Crippen molar-refractivity contribution < 1.29 is 14.0 Å². The molecule has 3 aromatic heterocycles. The molecule has 0 spiro atoms. The third-order valence-electron chi connectivity index (χ3n) is 6.05. The highest BCUT2D eigenvalue weighted by molar-refractivity contribution is 6.31. The predicted octanol–water partition coefficient (Wildman–Crippen LogP) is 3.41. The molecular weight excluding hydrogens is 422 g/mol. The lowest BCUT2D eigenvalue weighted by Crippen LogP contribution is -2.25. The zero-order valence-electron chi connectivity index (χ0n) is 17.3. The highest BCUT2D eigenvalue weighted by Gasteiger charge is 2.41. The van der Waals surface area contributed by atoms with Crippen LogP contribution in [0, 0.1) is 0 Å². The maximum absolute atomic E-state index is 13.5. The number of fused-ring (bicyclic) bond motifs is 3. The molecule has 1 saturated carbocycles. The van der Waals surface area contributed by atoms with E-state index in [1.54, 1.807) is 41.6 Å². The summed E-state index contributed by atoms with van der Waals surface area (Å²) in [6.45, 7) is 0.751. The number of halogens is 1. The predicted molar refractivity (Wildman–Crippen MR) is 114 cm³/mol. The molecule has 1 fully saturated rings. The number of benzene rings is 1. The monoisotopic (exact) mass is 443 g/mol. The molecule has 0 bridgehead atoms. The van der Waals surface area contributed by atoms with Crippen LogP contribution >= 0.6 is 11.6 Å². The number of methoxy groups -OCH3 is 2. The minimum absolute atomic E-state index is 0.229. The lowest BCUT2D eigenvalue weighted by molar-refractivity contribution is -0.0342. The van der Waals surface area contributed by atoms with Gasteiger partial charge in [-0.3, -0.25) is 9.20 Å². The van der Waals surface area contributed by atoms with Gasteiger partial charge in [0.05, 0.1) is 17.6 Å². The average molecular weight is 444 g/mol. The molecule has 4 aromatic rings. The minimum Gasteiger partial charge on any atom is -0.383 e. The summed E-state index contributed by atoms with van der Waals surface area (Å²) in [6, 6.07) is 5.41. The molecule has 1 aromatic carbocycles. The van der Waals surface area contributed by atoms with Gasteiger partial charge in [0.25, 0.3) is 11.4 Å².